The second-order valence-corrected chi connectivity index (χ2v) is 8.24. The summed E-state index contributed by atoms with van der Waals surface area (Å²) in [7, 11) is 1.70. The van der Waals surface area contributed by atoms with Gasteiger partial charge < -0.3 is 14.2 Å². The van der Waals surface area contributed by atoms with E-state index in [4.69, 9.17) is 4.74 Å². The van der Waals surface area contributed by atoms with Crippen LogP contribution in [-0.4, -0.2) is 54.4 Å². The van der Waals surface area contributed by atoms with Crippen LogP contribution < -0.4 is 15.2 Å². The van der Waals surface area contributed by atoms with Crippen LogP contribution in [0.1, 0.15) is 28.4 Å². The molecule has 3 aliphatic rings. The lowest BCUT2D eigenvalue weighted by Crippen LogP contribution is -2.48. The van der Waals surface area contributed by atoms with Crippen LogP contribution in [0.2, 0.25) is 0 Å². The molecule has 1 aromatic carbocycles. The molecule has 0 radical (unpaired) electrons. The van der Waals surface area contributed by atoms with Gasteiger partial charge in [-0.15, -0.1) is 0 Å². The quantitative estimate of drug-likeness (QED) is 0.739. The Balaban J connectivity index is 1.34. The number of amides is 1. The van der Waals surface area contributed by atoms with Crippen molar-refractivity contribution in [2.75, 3.05) is 38.2 Å². The maximum absolute atomic E-state index is 13.0. The number of piperidine rings is 1. The highest BCUT2D eigenvalue weighted by atomic mass is 16.5. The Morgan fingerprint density at radius 2 is 2.00 bits per heavy atom. The second kappa shape index (κ2) is 6.84. The summed E-state index contributed by atoms with van der Waals surface area (Å²) in [5, 5.41) is 0. The number of carbonyl (C=O) groups excluding carboxylic acids is 2. The van der Waals surface area contributed by atoms with Gasteiger partial charge in [0, 0.05) is 49.9 Å². The van der Waals surface area contributed by atoms with Crippen LogP contribution in [0.15, 0.2) is 41.2 Å². The summed E-state index contributed by atoms with van der Waals surface area (Å²) in [5.41, 5.74) is 2.37. The predicted molar refractivity (Wildman–Crippen MR) is 108 cm³/mol. The number of benzene rings is 1. The fraction of sp³-hybridized carbons (Fsp3) is 0.409. The third kappa shape index (κ3) is 3.15. The molecule has 1 saturated heterocycles. The fourth-order valence-electron chi connectivity index (χ4n) is 4.86. The van der Waals surface area contributed by atoms with E-state index in [0.717, 1.165) is 31.7 Å². The maximum Gasteiger partial charge on any atom is 0.264 e. The van der Waals surface area contributed by atoms with E-state index in [1.807, 2.05) is 16.7 Å². The first-order chi connectivity index (χ1) is 14.0. The minimum atomic E-state index is -0.125. The minimum Gasteiger partial charge on any atom is -0.482 e. The van der Waals surface area contributed by atoms with Gasteiger partial charge in [-0.05, 0) is 36.6 Å². The summed E-state index contributed by atoms with van der Waals surface area (Å²) >= 11 is 0. The van der Waals surface area contributed by atoms with Gasteiger partial charge in [-0.3, -0.25) is 19.3 Å². The van der Waals surface area contributed by atoms with Crippen molar-refractivity contribution in [1.82, 2.24) is 9.47 Å². The number of anilines is 1. The number of hydrogen-bond acceptors (Lipinski definition) is 5. The van der Waals surface area contributed by atoms with Gasteiger partial charge in [-0.2, -0.15) is 0 Å². The number of pyridine rings is 1. The highest BCUT2D eigenvalue weighted by Gasteiger charge is 2.35. The molecule has 1 fully saturated rings. The highest BCUT2D eigenvalue weighted by molar-refractivity contribution is 6.02. The molecule has 3 aliphatic heterocycles. The van der Waals surface area contributed by atoms with Gasteiger partial charge in [0.1, 0.15) is 5.75 Å². The summed E-state index contributed by atoms with van der Waals surface area (Å²) < 4.78 is 7.34. The van der Waals surface area contributed by atoms with E-state index in [2.05, 4.69) is 4.90 Å². The Bertz CT molecular complexity index is 1060. The van der Waals surface area contributed by atoms with E-state index < -0.39 is 0 Å². The normalized spacial score (nSPS) is 23.2. The number of hydrogen-bond donors (Lipinski definition) is 0. The van der Waals surface area contributed by atoms with Gasteiger partial charge in [-0.25, -0.2) is 0 Å². The summed E-state index contributed by atoms with van der Waals surface area (Å²) in [6.07, 6.45) is 1.07. The van der Waals surface area contributed by atoms with E-state index in [0.29, 0.717) is 29.5 Å². The zero-order valence-corrected chi connectivity index (χ0v) is 16.3. The van der Waals surface area contributed by atoms with Crippen molar-refractivity contribution in [3.05, 3.63) is 58.0 Å². The molecular weight excluding hydrogens is 370 g/mol. The lowest BCUT2D eigenvalue weighted by atomic mass is 9.83. The van der Waals surface area contributed by atoms with Crippen LogP contribution in [0, 0.1) is 5.92 Å². The zero-order valence-electron chi connectivity index (χ0n) is 16.3. The summed E-state index contributed by atoms with van der Waals surface area (Å²) in [5.74, 6) is 1.20. The van der Waals surface area contributed by atoms with Crippen molar-refractivity contribution in [2.24, 2.45) is 5.92 Å². The number of ketones is 1. The molecule has 0 aliphatic carbocycles. The molecule has 7 nitrogen and oxygen atoms in total. The molecule has 150 valence electrons. The number of likely N-dealkylation sites (tertiary alicyclic amines) is 1. The molecule has 5 rings (SSSR count). The molecular formula is C22H23N3O4. The van der Waals surface area contributed by atoms with E-state index in [1.54, 1.807) is 31.3 Å². The maximum atomic E-state index is 13.0. The van der Waals surface area contributed by atoms with Crippen molar-refractivity contribution < 1.29 is 14.3 Å². The largest absolute Gasteiger partial charge is 0.482 e. The molecule has 1 aromatic heterocycles. The van der Waals surface area contributed by atoms with E-state index in [9.17, 15) is 14.4 Å². The van der Waals surface area contributed by atoms with Gasteiger partial charge in [0.15, 0.2) is 12.4 Å². The minimum absolute atomic E-state index is 0.0257. The first-order valence-corrected chi connectivity index (χ1v) is 9.98. The molecule has 4 heterocycles. The summed E-state index contributed by atoms with van der Waals surface area (Å²) in [6, 6.07) is 10.8. The van der Waals surface area contributed by atoms with Crippen molar-refractivity contribution in [2.45, 2.75) is 18.9 Å². The molecule has 1 amide bonds. The first-order valence-electron chi connectivity index (χ1n) is 9.98. The SMILES string of the molecule is CN1C(=O)COc2ccc(C(=O)CN3C[C@@H]4C[C@H](C3)c3cccc(=O)n3C4)cc21. The van der Waals surface area contributed by atoms with E-state index >= 15 is 0 Å². The van der Waals surface area contributed by atoms with E-state index in [-0.39, 0.29) is 29.8 Å². The lowest BCUT2D eigenvalue weighted by Gasteiger charge is -2.42. The van der Waals surface area contributed by atoms with Gasteiger partial charge in [0.05, 0.1) is 12.2 Å². The highest BCUT2D eigenvalue weighted by Crippen LogP contribution is 2.35. The van der Waals surface area contributed by atoms with Crippen LogP contribution >= 0.6 is 0 Å². The van der Waals surface area contributed by atoms with Crippen LogP contribution in [0.4, 0.5) is 5.69 Å². The molecule has 7 heteroatoms. The first kappa shape index (κ1) is 18.1. The summed E-state index contributed by atoms with van der Waals surface area (Å²) in [4.78, 5) is 40.7. The molecule has 29 heavy (non-hydrogen) atoms. The Morgan fingerprint density at radius 3 is 2.86 bits per heavy atom. The molecule has 2 bridgehead atoms. The average molecular weight is 393 g/mol. The van der Waals surface area contributed by atoms with Gasteiger partial charge in [-0.1, -0.05) is 6.07 Å². The smallest absolute Gasteiger partial charge is 0.264 e. The number of fused-ring (bicyclic) bond motifs is 5. The van der Waals surface area contributed by atoms with Crippen molar-refractivity contribution >= 4 is 17.4 Å². The number of carbonyl (C=O) groups is 2. The average Bonchev–Trinajstić information content (AvgIpc) is 2.71. The van der Waals surface area contributed by atoms with Crippen molar-refractivity contribution in [1.29, 1.82) is 0 Å². The topological polar surface area (TPSA) is 71.8 Å². The fourth-order valence-corrected chi connectivity index (χ4v) is 4.86. The number of ether oxygens (including phenoxy) is 1. The molecule has 0 saturated carbocycles. The van der Waals surface area contributed by atoms with E-state index in [1.165, 1.54) is 4.90 Å². The Morgan fingerprint density at radius 1 is 1.14 bits per heavy atom. The monoisotopic (exact) mass is 393 g/mol. The van der Waals surface area contributed by atoms with Crippen molar-refractivity contribution in [3.63, 3.8) is 0 Å². The Kier molecular flexibility index (Phi) is 4.28. The van der Waals surface area contributed by atoms with Gasteiger partial charge in [0.2, 0.25) is 0 Å². The number of likely N-dealkylation sites (N-methyl/N-ethyl adjacent to an activating group) is 1. The van der Waals surface area contributed by atoms with Gasteiger partial charge >= 0.3 is 0 Å². The third-order valence-corrected chi connectivity index (χ3v) is 6.29. The Hall–Kier alpha value is -2.93. The standard InChI is InChI=1S/C22H23N3O4/c1-23-18-8-15(5-6-20(18)29-13-22(23)28)19(26)12-24-9-14-7-16(11-24)17-3-2-4-21(27)25(17)10-14/h2-6,8,14,16H,7,9-13H2,1H3/t14-,16+/m0/s1. The van der Waals surface area contributed by atoms with Gasteiger partial charge in [0.25, 0.3) is 11.5 Å². The lowest BCUT2D eigenvalue weighted by molar-refractivity contribution is -0.120. The van der Waals surface area contributed by atoms with Crippen LogP contribution in [0.25, 0.3) is 0 Å². The van der Waals surface area contributed by atoms with Crippen molar-refractivity contribution in [3.8, 4) is 5.75 Å². The Labute approximate surface area is 168 Å². The second-order valence-electron chi connectivity index (χ2n) is 8.24. The van der Waals surface area contributed by atoms with Crippen LogP contribution in [-0.2, 0) is 11.3 Å². The van der Waals surface area contributed by atoms with Crippen LogP contribution in [0.3, 0.4) is 0 Å². The molecule has 2 atom stereocenters. The number of aromatic nitrogens is 1. The molecule has 2 aromatic rings. The number of Topliss-reactive ketones (excluding diaryl/α,β-unsaturated/α-hetero) is 1. The number of nitrogens with zero attached hydrogens (tertiary/aromatic N) is 3. The third-order valence-electron chi connectivity index (χ3n) is 6.29. The zero-order chi connectivity index (χ0) is 20.1. The van der Waals surface area contributed by atoms with Crippen LogP contribution in [0.5, 0.6) is 5.75 Å². The molecule has 0 N–H and O–H groups in total. The number of rotatable bonds is 3. The predicted octanol–water partition coefficient (Wildman–Crippen LogP) is 1.51. The molecule has 0 unspecified atom stereocenters. The summed E-state index contributed by atoms with van der Waals surface area (Å²) in [6.45, 7) is 2.67. The molecule has 0 spiro atoms.